The SMILES string of the molecule is O=[N+]([O-])c1cccc(/C(Cl)=C2/CC3C=CC2CC3)c1. The molecule has 4 heteroatoms. The first-order chi connectivity index (χ1) is 9.15. The van der Waals surface area contributed by atoms with Gasteiger partial charge in [0.2, 0.25) is 0 Å². The largest absolute Gasteiger partial charge is 0.270 e. The highest BCUT2D eigenvalue weighted by molar-refractivity contribution is 6.49. The van der Waals surface area contributed by atoms with Gasteiger partial charge >= 0.3 is 0 Å². The summed E-state index contributed by atoms with van der Waals surface area (Å²) in [7, 11) is 0. The molecular weight excluding hydrogens is 262 g/mol. The van der Waals surface area contributed by atoms with Gasteiger partial charge in [-0.15, -0.1) is 0 Å². The van der Waals surface area contributed by atoms with Crippen LogP contribution < -0.4 is 0 Å². The average molecular weight is 276 g/mol. The number of non-ortho nitro benzene ring substituents is 1. The van der Waals surface area contributed by atoms with Crippen LogP contribution in [0.25, 0.3) is 5.03 Å². The van der Waals surface area contributed by atoms with E-state index in [1.54, 1.807) is 12.1 Å². The lowest BCUT2D eigenvalue weighted by atomic mass is 9.72. The zero-order valence-corrected chi connectivity index (χ0v) is 11.1. The molecule has 2 atom stereocenters. The number of hydrogen-bond acceptors (Lipinski definition) is 2. The molecule has 0 N–H and O–H groups in total. The van der Waals surface area contributed by atoms with E-state index in [1.165, 1.54) is 18.1 Å². The fraction of sp³-hybridized carbons (Fsp3) is 0.333. The topological polar surface area (TPSA) is 43.1 Å². The molecule has 0 spiro atoms. The number of benzene rings is 1. The van der Waals surface area contributed by atoms with Crippen molar-refractivity contribution in [2.45, 2.75) is 19.3 Å². The van der Waals surface area contributed by atoms with E-state index in [2.05, 4.69) is 12.2 Å². The molecule has 0 amide bonds. The van der Waals surface area contributed by atoms with Gasteiger partial charge in [0, 0.05) is 17.2 Å². The van der Waals surface area contributed by atoms with E-state index in [1.807, 2.05) is 6.07 Å². The highest BCUT2D eigenvalue weighted by Gasteiger charge is 2.29. The lowest BCUT2D eigenvalue weighted by molar-refractivity contribution is -0.384. The summed E-state index contributed by atoms with van der Waals surface area (Å²) in [5.74, 6) is 1.00. The number of hydrogen-bond donors (Lipinski definition) is 0. The van der Waals surface area contributed by atoms with Crippen molar-refractivity contribution >= 4 is 22.3 Å². The minimum absolute atomic E-state index is 0.0905. The molecule has 0 aromatic heterocycles. The van der Waals surface area contributed by atoms with Gasteiger partial charge < -0.3 is 0 Å². The van der Waals surface area contributed by atoms with E-state index in [9.17, 15) is 10.1 Å². The van der Waals surface area contributed by atoms with Crippen LogP contribution in [0.4, 0.5) is 5.69 Å². The van der Waals surface area contributed by atoms with E-state index in [0.717, 1.165) is 18.4 Å². The Kier molecular flexibility index (Phi) is 3.15. The van der Waals surface area contributed by atoms with Crippen molar-refractivity contribution in [3.8, 4) is 0 Å². The van der Waals surface area contributed by atoms with Crippen LogP contribution in [-0.2, 0) is 0 Å². The molecular formula is C15H14ClNO2. The summed E-state index contributed by atoms with van der Waals surface area (Å²) in [6, 6.07) is 6.58. The molecule has 1 aromatic rings. The monoisotopic (exact) mass is 275 g/mol. The fourth-order valence-electron chi connectivity index (χ4n) is 2.97. The van der Waals surface area contributed by atoms with Crippen LogP contribution in [-0.4, -0.2) is 4.92 Å². The highest BCUT2D eigenvalue weighted by Crippen LogP contribution is 2.44. The Morgan fingerprint density at radius 1 is 1.32 bits per heavy atom. The molecule has 3 aliphatic rings. The first-order valence-corrected chi connectivity index (χ1v) is 6.84. The van der Waals surface area contributed by atoms with Gasteiger partial charge in [-0.3, -0.25) is 10.1 Å². The summed E-state index contributed by atoms with van der Waals surface area (Å²) in [6.45, 7) is 0. The lowest BCUT2D eigenvalue weighted by Crippen LogP contribution is -2.20. The van der Waals surface area contributed by atoms with E-state index in [4.69, 9.17) is 11.6 Å². The van der Waals surface area contributed by atoms with E-state index < -0.39 is 0 Å². The summed E-state index contributed by atoms with van der Waals surface area (Å²) >= 11 is 6.48. The molecule has 3 aliphatic carbocycles. The van der Waals surface area contributed by atoms with Crippen molar-refractivity contribution in [3.63, 3.8) is 0 Å². The van der Waals surface area contributed by atoms with Crippen molar-refractivity contribution in [1.29, 1.82) is 0 Å². The molecule has 0 radical (unpaired) electrons. The minimum Gasteiger partial charge on any atom is -0.258 e. The van der Waals surface area contributed by atoms with Gasteiger partial charge in [-0.2, -0.15) is 0 Å². The Labute approximate surface area is 116 Å². The Balaban J connectivity index is 2.00. The van der Waals surface area contributed by atoms with Crippen molar-refractivity contribution in [1.82, 2.24) is 0 Å². The van der Waals surface area contributed by atoms with Crippen molar-refractivity contribution in [3.05, 3.63) is 57.7 Å². The number of rotatable bonds is 2. The number of halogens is 1. The second kappa shape index (κ2) is 4.82. The zero-order valence-electron chi connectivity index (χ0n) is 10.4. The van der Waals surface area contributed by atoms with Gasteiger partial charge in [0.1, 0.15) is 0 Å². The molecule has 0 heterocycles. The van der Waals surface area contributed by atoms with Crippen LogP contribution in [0.15, 0.2) is 42.0 Å². The number of allylic oxidation sites excluding steroid dienone is 3. The standard InChI is InChI=1S/C15H14ClNO2/c16-15(12-2-1-3-13(9-12)17(18)19)14-8-10-4-6-11(14)7-5-10/h1-4,6,9-11H,5,7-8H2/b15-14+. The summed E-state index contributed by atoms with van der Waals surface area (Å²) in [5, 5.41) is 11.5. The maximum absolute atomic E-state index is 10.8. The Bertz CT molecular complexity index is 592. The molecule has 4 rings (SSSR count). The van der Waals surface area contributed by atoms with Gasteiger partial charge in [-0.25, -0.2) is 0 Å². The van der Waals surface area contributed by atoms with Crippen LogP contribution in [0.2, 0.25) is 0 Å². The molecule has 0 saturated heterocycles. The van der Waals surface area contributed by atoms with E-state index >= 15 is 0 Å². The molecule has 3 nitrogen and oxygen atoms in total. The van der Waals surface area contributed by atoms with Crippen LogP contribution >= 0.6 is 11.6 Å². The Morgan fingerprint density at radius 2 is 2.16 bits per heavy atom. The number of nitrogens with zero attached hydrogens (tertiary/aromatic N) is 1. The van der Waals surface area contributed by atoms with Crippen molar-refractivity contribution in [2.75, 3.05) is 0 Å². The molecule has 98 valence electrons. The van der Waals surface area contributed by atoms with Crippen molar-refractivity contribution < 1.29 is 4.92 Å². The van der Waals surface area contributed by atoms with Crippen molar-refractivity contribution in [2.24, 2.45) is 11.8 Å². The molecule has 1 aromatic carbocycles. The first-order valence-electron chi connectivity index (χ1n) is 6.47. The predicted molar refractivity (Wildman–Crippen MR) is 75.8 cm³/mol. The third-order valence-corrected chi connectivity index (χ3v) is 4.45. The molecule has 0 aliphatic heterocycles. The normalized spacial score (nSPS) is 27.4. The Morgan fingerprint density at radius 3 is 2.74 bits per heavy atom. The molecule has 1 fully saturated rings. The van der Waals surface area contributed by atoms with Gasteiger partial charge in [0.05, 0.1) is 4.92 Å². The lowest BCUT2D eigenvalue weighted by Gasteiger charge is -2.34. The summed E-state index contributed by atoms with van der Waals surface area (Å²) < 4.78 is 0. The van der Waals surface area contributed by atoms with Crippen LogP contribution in [0, 0.1) is 22.0 Å². The maximum atomic E-state index is 10.8. The molecule has 1 saturated carbocycles. The van der Waals surface area contributed by atoms with Crippen LogP contribution in [0.1, 0.15) is 24.8 Å². The molecule has 2 bridgehead atoms. The third-order valence-electron chi connectivity index (χ3n) is 3.99. The fourth-order valence-corrected chi connectivity index (χ4v) is 3.30. The predicted octanol–water partition coefficient (Wildman–Crippen LogP) is 4.53. The summed E-state index contributed by atoms with van der Waals surface area (Å²) in [4.78, 5) is 10.4. The van der Waals surface area contributed by atoms with E-state index in [-0.39, 0.29) is 10.6 Å². The second-order valence-electron chi connectivity index (χ2n) is 5.18. The third kappa shape index (κ3) is 2.30. The number of nitro groups is 1. The molecule has 2 unspecified atom stereocenters. The highest BCUT2D eigenvalue weighted by atomic mass is 35.5. The Hall–Kier alpha value is -1.61. The average Bonchev–Trinajstić information content (AvgIpc) is 2.47. The van der Waals surface area contributed by atoms with Crippen LogP contribution in [0.3, 0.4) is 0 Å². The van der Waals surface area contributed by atoms with E-state index in [0.29, 0.717) is 16.9 Å². The summed E-state index contributed by atoms with van der Waals surface area (Å²) in [6.07, 6.45) is 7.86. The maximum Gasteiger partial charge on any atom is 0.270 e. The molecule has 19 heavy (non-hydrogen) atoms. The number of nitro benzene ring substituents is 1. The second-order valence-corrected chi connectivity index (χ2v) is 5.56. The van der Waals surface area contributed by atoms with Gasteiger partial charge in [-0.1, -0.05) is 35.9 Å². The first kappa shape index (κ1) is 12.4. The van der Waals surface area contributed by atoms with Gasteiger partial charge in [0.25, 0.3) is 5.69 Å². The zero-order chi connectivity index (χ0) is 13.4. The van der Waals surface area contributed by atoms with Gasteiger partial charge in [0.15, 0.2) is 0 Å². The quantitative estimate of drug-likeness (QED) is 0.452. The summed E-state index contributed by atoms with van der Waals surface area (Å²) in [5.41, 5.74) is 2.08. The number of fused-ring (bicyclic) bond motifs is 2. The smallest absolute Gasteiger partial charge is 0.258 e. The van der Waals surface area contributed by atoms with Gasteiger partial charge in [-0.05, 0) is 42.2 Å². The van der Waals surface area contributed by atoms with Crippen LogP contribution in [0.5, 0.6) is 0 Å². The minimum atomic E-state index is -0.384.